The van der Waals surface area contributed by atoms with Gasteiger partial charge in [-0.15, -0.1) is 0 Å². The van der Waals surface area contributed by atoms with Gasteiger partial charge >= 0.3 is 5.97 Å². The molecule has 0 fully saturated rings. The molecule has 76 valence electrons. The normalized spacial score (nSPS) is 10.0. The molecular formula is C11H15NO2. The zero-order valence-electron chi connectivity index (χ0n) is 8.97. The first-order valence-electron chi connectivity index (χ1n) is 4.43. The van der Waals surface area contributed by atoms with E-state index in [1.54, 1.807) is 6.07 Å². The second-order valence-corrected chi connectivity index (χ2v) is 3.38. The summed E-state index contributed by atoms with van der Waals surface area (Å²) in [4.78, 5) is 11.4. The molecule has 0 aliphatic heterocycles. The van der Waals surface area contributed by atoms with E-state index in [4.69, 9.17) is 5.73 Å². The number of hydrogen-bond acceptors (Lipinski definition) is 3. The first kappa shape index (κ1) is 10.6. The SMILES string of the molecule is COC(=O)c1cc(N)c(C)c(C)c1C. The Morgan fingerprint density at radius 1 is 1.21 bits per heavy atom. The van der Waals surface area contributed by atoms with E-state index >= 15 is 0 Å². The molecule has 3 nitrogen and oxygen atoms in total. The van der Waals surface area contributed by atoms with Gasteiger partial charge < -0.3 is 10.5 Å². The van der Waals surface area contributed by atoms with Gasteiger partial charge in [-0.3, -0.25) is 0 Å². The summed E-state index contributed by atoms with van der Waals surface area (Å²) in [5, 5.41) is 0. The second-order valence-electron chi connectivity index (χ2n) is 3.38. The molecule has 0 aromatic heterocycles. The lowest BCUT2D eigenvalue weighted by atomic mass is 9.97. The van der Waals surface area contributed by atoms with Gasteiger partial charge in [0, 0.05) is 5.69 Å². The van der Waals surface area contributed by atoms with Crippen molar-refractivity contribution in [3.05, 3.63) is 28.3 Å². The number of esters is 1. The third-order valence-corrected chi connectivity index (χ3v) is 2.67. The average Bonchev–Trinajstić information content (AvgIpc) is 2.19. The number of anilines is 1. The molecule has 3 heteroatoms. The Balaban J connectivity index is 3.40. The Kier molecular flexibility index (Phi) is 2.79. The van der Waals surface area contributed by atoms with E-state index in [0.29, 0.717) is 11.3 Å². The quantitative estimate of drug-likeness (QED) is 0.548. The number of methoxy groups -OCH3 is 1. The van der Waals surface area contributed by atoms with E-state index in [9.17, 15) is 4.79 Å². The molecule has 1 aromatic carbocycles. The van der Waals surface area contributed by atoms with E-state index in [0.717, 1.165) is 16.7 Å². The number of nitrogens with two attached hydrogens (primary N) is 1. The van der Waals surface area contributed by atoms with Gasteiger partial charge in [-0.25, -0.2) is 4.79 Å². The highest BCUT2D eigenvalue weighted by Gasteiger charge is 2.13. The molecule has 14 heavy (non-hydrogen) atoms. The molecule has 0 heterocycles. The van der Waals surface area contributed by atoms with Crippen molar-refractivity contribution in [3.63, 3.8) is 0 Å². The lowest BCUT2D eigenvalue weighted by Crippen LogP contribution is -2.07. The van der Waals surface area contributed by atoms with Gasteiger partial charge in [0.1, 0.15) is 0 Å². The molecule has 0 amide bonds. The minimum atomic E-state index is -0.336. The highest BCUT2D eigenvalue weighted by Crippen LogP contribution is 2.23. The highest BCUT2D eigenvalue weighted by molar-refractivity contribution is 5.92. The fraction of sp³-hybridized carbons (Fsp3) is 0.364. The maximum Gasteiger partial charge on any atom is 0.338 e. The lowest BCUT2D eigenvalue weighted by molar-refractivity contribution is 0.0600. The molecular weight excluding hydrogens is 178 g/mol. The molecule has 0 aliphatic carbocycles. The van der Waals surface area contributed by atoms with E-state index in [2.05, 4.69) is 4.74 Å². The fourth-order valence-electron chi connectivity index (χ4n) is 1.39. The smallest absolute Gasteiger partial charge is 0.338 e. The van der Waals surface area contributed by atoms with Gasteiger partial charge in [-0.1, -0.05) is 0 Å². The number of nitrogen functional groups attached to an aromatic ring is 1. The monoisotopic (exact) mass is 193 g/mol. The topological polar surface area (TPSA) is 52.3 Å². The summed E-state index contributed by atoms with van der Waals surface area (Å²) >= 11 is 0. The van der Waals surface area contributed by atoms with Gasteiger partial charge in [-0.2, -0.15) is 0 Å². The van der Waals surface area contributed by atoms with Crippen LogP contribution in [0.2, 0.25) is 0 Å². The molecule has 0 bridgehead atoms. The van der Waals surface area contributed by atoms with Crippen LogP contribution in [-0.4, -0.2) is 13.1 Å². The number of rotatable bonds is 1. The van der Waals surface area contributed by atoms with Crippen molar-refractivity contribution >= 4 is 11.7 Å². The summed E-state index contributed by atoms with van der Waals surface area (Å²) in [7, 11) is 1.37. The summed E-state index contributed by atoms with van der Waals surface area (Å²) < 4.78 is 4.67. The summed E-state index contributed by atoms with van der Waals surface area (Å²) in [6.45, 7) is 5.79. The van der Waals surface area contributed by atoms with E-state index in [1.165, 1.54) is 7.11 Å². The number of ether oxygens (including phenoxy) is 1. The Bertz CT molecular complexity index is 383. The predicted molar refractivity (Wildman–Crippen MR) is 56.4 cm³/mol. The zero-order valence-corrected chi connectivity index (χ0v) is 8.97. The Hall–Kier alpha value is -1.51. The van der Waals surface area contributed by atoms with E-state index in [-0.39, 0.29) is 5.97 Å². The van der Waals surface area contributed by atoms with Gasteiger partial charge in [0.15, 0.2) is 0 Å². The Morgan fingerprint density at radius 3 is 2.29 bits per heavy atom. The van der Waals surface area contributed by atoms with Crippen LogP contribution in [0.25, 0.3) is 0 Å². The molecule has 0 radical (unpaired) electrons. The number of hydrogen-bond donors (Lipinski definition) is 1. The molecule has 0 unspecified atom stereocenters. The second kappa shape index (κ2) is 3.70. The minimum absolute atomic E-state index is 0.336. The summed E-state index contributed by atoms with van der Waals surface area (Å²) in [5.41, 5.74) is 9.96. The largest absolute Gasteiger partial charge is 0.465 e. The number of carbonyl (C=O) groups is 1. The van der Waals surface area contributed by atoms with Crippen LogP contribution in [0, 0.1) is 20.8 Å². The summed E-state index contributed by atoms with van der Waals surface area (Å²) in [5.74, 6) is -0.336. The van der Waals surface area contributed by atoms with Crippen molar-refractivity contribution in [1.29, 1.82) is 0 Å². The molecule has 0 aliphatic rings. The van der Waals surface area contributed by atoms with Crippen LogP contribution in [0.4, 0.5) is 5.69 Å². The standard InChI is InChI=1S/C11H15NO2/c1-6-7(2)9(11(13)14-4)5-10(12)8(6)3/h5H,12H2,1-4H3. The summed E-state index contributed by atoms with van der Waals surface area (Å²) in [6.07, 6.45) is 0. The predicted octanol–water partition coefficient (Wildman–Crippen LogP) is 1.98. The molecule has 1 aromatic rings. The first-order chi connectivity index (χ1) is 6.49. The summed E-state index contributed by atoms with van der Waals surface area (Å²) in [6, 6.07) is 1.67. The van der Waals surface area contributed by atoms with Crippen LogP contribution < -0.4 is 5.73 Å². The van der Waals surface area contributed by atoms with Crippen molar-refractivity contribution < 1.29 is 9.53 Å². The van der Waals surface area contributed by atoms with Gasteiger partial charge in [-0.05, 0) is 43.5 Å². The van der Waals surface area contributed by atoms with Gasteiger partial charge in [0.25, 0.3) is 0 Å². The lowest BCUT2D eigenvalue weighted by Gasteiger charge is -2.12. The van der Waals surface area contributed by atoms with Crippen molar-refractivity contribution in [2.45, 2.75) is 20.8 Å². The van der Waals surface area contributed by atoms with Crippen LogP contribution in [-0.2, 0) is 4.74 Å². The number of benzene rings is 1. The van der Waals surface area contributed by atoms with Gasteiger partial charge in [0.2, 0.25) is 0 Å². The minimum Gasteiger partial charge on any atom is -0.465 e. The highest BCUT2D eigenvalue weighted by atomic mass is 16.5. The molecule has 0 saturated heterocycles. The molecule has 0 atom stereocenters. The van der Waals surface area contributed by atoms with Crippen molar-refractivity contribution in [3.8, 4) is 0 Å². The zero-order chi connectivity index (χ0) is 10.9. The molecule has 2 N–H and O–H groups in total. The Morgan fingerprint density at radius 2 is 1.79 bits per heavy atom. The van der Waals surface area contributed by atoms with E-state index < -0.39 is 0 Å². The first-order valence-corrected chi connectivity index (χ1v) is 4.43. The van der Waals surface area contributed by atoms with Crippen molar-refractivity contribution in [2.24, 2.45) is 0 Å². The maximum absolute atomic E-state index is 11.4. The third-order valence-electron chi connectivity index (χ3n) is 2.67. The van der Waals surface area contributed by atoms with Crippen molar-refractivity contribution in [2.75, 3.05) is 12.8 Å². The van der Waals surface area contributed by atoms with Crippen LogP contribution in [0.1, 0.15) is 27.0 Å². The van der Waals surface area contributed by atoms with E-state index in [1.807, 2.05) is 20.8 Å². The van der Waals surface area contributed by atoms with Crippen LogP contribution >= 0.6 is 0 Å². The van der Waals surface area contributed by atoms with Crippen LogP contribution in [0.5, 0.6) is 0 Å². The van der Waals surface area contributed by atoms with Crippen LogP contribution in [0.3, 0.4) is 0 Å². The maximum atomic E-state index is 11.4. The molecule has 0 saturated carbocycles. The molecule has 0 spiro atoms. The van der Waals surface area contributed by atoms with Crippen molar-refractivity contribution in [1.82, 2.24) is 0 Å². The Labute approximate surface area is 83.9 Å². The van der Waals surface area contributed by atoms with Crippen LogP contribution in [0.15, 0.2) is 6.07 Å². The third kappa shape index (κ3) is 1.58. The molecule has 1 rings (SSSR count). The number of carbonyl (C=O) groups excluding carboxylic acids is 1. The van der Waals surface area contributed by atoms with Gasteiger partial charge in [0.05, 0.1) is 12.7 Å². The average molecular weight is 193 g/mol. The fourth-order valence-corrected chi connectivity index (χ4v) is 1.39.